The summed E-state index contributed by atoms with van der Waals surface area (Å²) in [6.45, 7) is 0. The van der Waals surface area contributed by atoms with Crippen molar-refractivity contribution in [2.75, 3.05) is 9.80 Å². The summed E-state index contributed by atoms with van der Waals surface area (Å²) in [5.41, 5.74) is 18.0. The molecule has 0 atom stereocenters. The molecule has 4 heteroatoms. The second-order valence-electron chi connectivity index (χ2n) is 15.7. The number of aromatic nitrogens is 2. The summed E-state index contributed by atoms with van der Waals surface area (Å²) in [5, 5.41) is 7.79. The molecule has 4 heterocycles. The maximum atomic E-state index is 2.49. The second kappa shape index (κ2) is 11.9. The highest BCUT2D eigenvalue weighted by Gasteiger charge is 2.27. The van der Waals surface area contributed by atoms with Crippen molar-refractivity contribution in [2.24, 2.45) is 14.1 Å². The van der Waals surface area contributed by atoms with Crippen molar-refractivity contribution >= 4 is 88.5 Å². The molecule has 2 aromatic heterocycles. The summed E-state index contributed by atoms with van der Waals surface area (Å²) in [6.07, 6.45) is 4.12. The van der Waals surface area contributed by atoms with Gasteiger partial charge in [0.25, 0.3) is 0 Å². The number of hydrogen-bond donors (Lipinski definition) is 0. The minimum absolute atomic E-state index is 1.03. The van der Waals surface area contributed by atoms with Crippen LogP contribution in [0.3, 0.4) is 0 Å². The monoisotopic (exact) mass is 720 g/mol. The van der Waals surface area contributed by atoms with Gasteiger partial charge in [-0.1, -0.05) is 109 Å². The quantitative estimate of drug-likeness (QED) is 0.177. The van der Waals surface area contributed by atoms with Crippen LogP contribution in [0.15, 0.2) is 158 Å². The fourth-order valence-electron chi connectivity index (χ4n) is 10.3. The number of para-hydroxylation sites is 4. The first-order valence-electron chi connectivity index (χ1n) is 19.9. The summed E-state index contributed by atoms with van der Waals surface area (Å²) < 4.78 is 4.92. The zero-order valence-electron chi connectivity index (χ0n) is 31.6. The van der Waals surface area contributed by atoms with E-state index >= 15 is 0 Å². The molecule has 268 valence electrons. The molecule has 0 saturated carbocycles. The molecule has 0 amide bonds. The van der Waals surface area contributed by atoms with E-state index in [9.17, 15) is 0 Å². The number of anilines is 6. The standard InChI is InChI=1S/C52H40N4/c1-53-47-31-37(55-43-19-9-3-13-33(43)23-24-34-14-4-10-20-44(34)55)27-29-41(47)49-39-17-7-8-18-40(39)50-42-30-28-38(32-48(42)54(2)52(50)51(49)53)56-45-21-11-5-15-35(45)25-26-36-16-6-12-22-46(36)56/h3-22,27-32H,23-26H2,1-2H3. The highest BCUT2D eigenvalue weighted by Crippen LogP contribution is 2.49. The maximum Gasteiger partial charge on any atom is 0.0742 e. The summed E-state index contributed by atoms with van der Waals surface area (Å²) >= 11 is 0. The highest BCUT2D eigenvalue weighted by atomic mass is 15.2. The number of nitrogens with zero attached hydrogens (tertiary/aromatic N) is 4. The Morgan fingerprint density at radius 1 is 0.339 bits per heavy atom. The Bertz CT molecular complexity index is 2940. The van der Waals surface area contributed by atoms with E-state index in [2.05, 4.69) is 191 Å². The Hall–Kier alpha value is -6.78. The van der Waals surface area contributed by atoms with Crippen LogP contribution in [0.1, 0.15) is 22.3 Å². The van der Waals surface area contributed by atoms with E-state index in [4.69, 9.17) is 0 Å². The van der Waals surface area contributed by atoms with E-state index in [1.807, 2.05) is 0 Å². The van der Waals surface area contributed by atoms with E-state index < -0.39 is 0 Å². The van der Waals surface area contributed by atoms with Gasteiger partial charge in [-0.25, -0.2) is 0 Å². The highest BCUT2D eigenvalue weighted by molar-refractivity contribution is 6.36. The molecule has 2 aliphatic rings. The van der Waals surface area contributed by atoms with Gasteiger partial charge in [0.1, 0.15) is 0 Å². The van der Waals surface area contributed by atoms with E-state index in [0.717, 1.165) is 25.7 Å². The molecular weight excluding hydrogens is 681 g/mol. The first-order chi connectivity index (χ1) is 27.6. The lowest BCUT2D eigenvalue weighted by Crippen LogP contribution is -2.11. The first kappa shape index (κ1) is 31.6. The molecule has 12 rings (SSSR count). The summed E-state index contributed by atoms with van der Waals surface area (Å²) in [6, 6.07) is 59.0. The fourth-order valence-corrected chi connectivity index (χ4v) is 10.3. The van der Waals surface area contributed by atoms with Crippen LogP contribution in [-0.2, 0) is 39.8 Å². The van der Waals surface area contributed by atoms with Gasteiger partial charge in [-0.15, -0.1) is 0 Å². The first-order valence-corrected chi connectivity index (χ1v) is 19.9. The Morgan fingerprint density at radius 3 is 1.02 bits per heavy atom. The van der Waals surface area contributed by atoms with Crippen LogP contribution in [0, 0.1) is 0 Å². The third-order valence-corrected chi connectivity index (χ3v) is 12.8. The molecule has 0 saturated heterocycles. The normalized spacial score (nSPS) is 13.9. The Morgan fingerprint density at radius 2 is 0.661 bits per heavy atom. The molecule has 0 bridgehead atoms. The predicted octanol–water partition coefficient (Wildman–Crippen LogP) is 13.3. The van der Waals surface area contributed by atoms with Crippen LogP contribution in [0.5, 0.6) is 0 Å². The van der Waals surface area contributed by atoms with Crippen molar-refractivity contribution in [2.45, 2.75) is 25.7 Å². The third kappa shape index (κ3) is 4.35. The molecule has 4 nitrogen and oxygen atoms in total. The molecule has 0 fully saturated rings. The predicted molar refractivity (Wildman–Crippen MR) is 236 cm³/mol. The largest absolute Gasteiger partial charge is 0.342 e. The minimum Gasteiger partial charge on any atom is -0.342 e. The van der Waals surface area contributed by atoms with Gasteiger partial charge in [-0.2, -0.15) is 0 Å². The Labute approximate surface area is 326 Å². The molecule has 0 spiro atoms. The van der Waals surface area contributed by atoms with E-state index in [0.29, 0.717) is 0 Å². The number of rotatable bonds is 2. The van der Waals surface area contributed by atoms with Gasteiger partial charge in [0, 0.05) is 69.8 Å². The topological polar surface area (TPSA) is 16.3 Å². The molecule has 10 aromatic rings. The van der Waals surface area contributed by atoms with Crippen molar-refractivity contribution in [1.82, 2.24) is 9.13 Å². The lowest BCUT2D eigenvalue weighted by molar-refractivity contribution is 0.977. The number of fused-ring (bicyclic) bond motifs is 14. The molecule has 8 aromatic carbocycles. The van der Waals surface area contributed by atoms with Crippen LogP contribution in [0.4, 0.5) is 34.1 Å². The average Bonchev–Trinajstić information content (AvgIpc) is 3.54. The lowest BCUT2D eigenvalue weighted by Gasteiger charge is -2.27. The van der Waals surface area contributed by atoms with Gasteiger partial charge in [0.2, 0.25) is 0 Å². The zero-order chi connectivity index (χ0) is 37.1. The van der Waals surface area contributed by atoms with Crippen molar-refractivity contribution in [3.05, 3.63) is 180 Å². The van der Waals surface area contributed by atoms with Crippen molar-refractivity contribution in [3.8, 4) is 0 Å². The number of aryl methyl sites for hydroxylation is 6. The molecular formula is C52H40N4. The summed E-state index contributed by atoms with van der Waals surface area (Å²) in [7, 11) is 4.53. The SMILES string of the molecule is Cn1c2cc(N3c4ccccc4CCc4ccccc43)ccc2c2c3ccccc3c3c4ccc(N5c6ccccc6CCc6ccccc65)cc4n(C)c3c21. The average molecular weight is 721 g/mol. The van der Waals surface area contributed by atoms with Crippen molar-refractivity contribution in [3.63, 3.8) is 0 Å². The molecule has 0 N–H and O–H groups in total. The zero-order valence-corrected chi connectivity index (χ0v) is 31.6. The third-order valence-electron chi connectivity index (χ3n) is 12.8. The smallest absolute Gasteiger partial charge is 0.0742 e. The molecule has 0 radical (unpaired) electrons. The fraction of sp³-hybridized carbons (Fsp3) is 0.115. The van der Waals surface area contributed by atoms with Crippen LogP contribution < -0.4 is 9.80 Å². The van der Waals surface area contributed by atoms with Crippen LogP contribution in [0.25, 0.3) is 54.4 Å². The van der Waals surface area contributed by atoms with Gasteiger partial charge < -0.3 is 18.9 Å². The minimum atomic E-state index is 1.03. The summed E-state index contributed by atoms with van der Waals surface area (Å²) in [4.78, 5) is 4.97. The lowest BCUT2D eigenvalue weighted by atomic mass is 9.98. The Balaban J connectivity index is 1.13. The number of hydrogen-bond acceptors (Lipinski definition) is 2. The van der Waals surface area contributed by atoms with E-state index in [1.54, 1.807) is 0 Å². The van der Waals surface area contributed by atoms with E-state index in [1.165, 1.54) is 111 Å². The van der Waals surface area contributed by atoms with Gasteiger partial charge in [-0.3, -0.25) is 0 Å². The van der Waals surface area contributed by atoms with Gasteiger partial charge in [-0.05, 0) is 107 Å². The van der Waals surface area contributed by atoms with Crippen molar-refractivity contribution in [1.29, 1.82) is 0 Å². The molecule has 56 heavy (non-hydrogen) atoms. The Kier molecular flexibility index (Phi) is 6.68. The van der Waals surface area contributed by atoms with Crippen LogP contribution >= 0.6 is 0 Å². The van der Waals surface area contributed by atoms with Crippen LogP contribution in [0.2, 0.25) is 0 Å². The van der Waals surface area contributed by atoms with Crippen molar-refractivity contribution < 1.29 is 0 Å². The second-order valence-corrected chi connectivity index (χ2v) is 15.7. The van der Waals surface area contributed by atoms with Gasteiger partial charge in [0.15, 0.2) is 0 Å². The van der Waals surface area contributed by atoms with Crippen LogP contribution in [-0.4, -0.2) is 9.13 Å². The molecule has 2 aliphatic heterocycles. The number of benzene rings is 8. The molecule has 0 unspecified atom stereocenters. The maximum absolute atomic E-state index is 2.49. The summed E-state index contributed by atoms with van der Waals surface area (Å²) in [5.74, 6) is 0. The van der Waals surface area contributed by atoms with Gasteiger partial charge >= 0.3 is 0 Å². The molecule has 0 aliphatic carbocycles. The van der Waals surface area contributed by atoms with Gasteiger partial charge in [0.05, 0.1) is 22.1 Å². The van der Waals surface area contributed by atoms with E-state index in [-0.39, 0.29) is 0 Å².